The van der Waals surface area contributed by atoms with Gasteiger partial charge in [-0.1, -0.05) is 75.7 Å². The molecule has 0 aliphatic carbocycles. The fourth-order valence-electron chi connectivity index (χ4n) is 2.28. The zero-order valence-corrected chi connectivity index (χ0v) is 15.8. The molecule has 0 saturated heterocycles. The van der Waals surface area contributed by atoms with Gasteiger partial charge < -0.3 is 0 Å². The highest BCUT2D eigenvalue weighted by Gasteiger charge is 2.12. The lowest BCUT2D eigenvalue weighted by atomic mass is 10.2. The first kappa shape index (κ1) is 17.0. The van der Waals surface area contributed by atoms with Crippen molar-refractivity contribution in [2.75, 3.05) is 0 Å². The van der Waals surface area contributed by atoms with Crippen molar-refractivity contribution >= 4 is 27.7 Å². The summed E-state index contributed by atoms with van der Waals surface area (Å²) in [6.07, 6.45) is 1.84. The lowest BCUT2D eigenvalue weighted by Gasteiger charge is -2.02. The van der Waals surface area contributed by atoms with E-state index in [1.165, 1.54) is 11.1 Å². The maximum absolute atomic E-state index is 4.71. The summed E-state index contributed by atoms with van der Waals surface area (Å²) in [6.45, 7) is 6.55. The summed E-state index contributed by atoms with van der Waals surface area (Å²) in [5, 5.41) is 5.40. The molecule has 3 aromatic rings. The summed E-state index contributed by atoms with van der Waals surface area (Å²) in [5.41, 5.74) is 3.60. The molecule has 0 fully saturated rings. The molecule has 122 valence electrons. The van der Waals surface area contributed by atoms with Gasteiger partial charge in [0.1, 0.15) is 0 Å². The Morgan fingerprint density at radius 1 is 1.12 bits per heavy atom. The molecule has 0 unspecified atom stereocenters. The molecule has 0 N–H and O–H groups in total. The number of benzene rings is 2. The average molecular weight is 400 g/mol. The topological polar surface area (TPSA) is 30.7 Å². The number of aromatic nitrogens is 3. The van der Waals surface area contributed by atoms with E-state index in [0.29, 0.717) is 6.54 Å². The smallest absolute Gasteiger partial charge is 0.209 e. The summed E-state index contributed by atoms with van der Waals surface area (Å²) in [4.78, 5) is 4.71. The van der Waals surface area contributed by atoms with Gasteiger partial charge in [-0.15, -0.1) is 11.7 Å². The van der Waals surface area contributed by atoms with Crippen LogP contribution in [-0.2, 0) is 12.3 Å². The normalized spacial score (nSPS) is 10.8. The molecule has 0 bridgehead atoms. The van der Waals surface area contributed by atoms with Crippen LogP contribution in [0.15, 0.2) is 70.8 Å². The molecule has 2 aromatic carbocycles. The molecule has 24 heavy (non-hydrogen) atoms. The summed E-state index contributed by atoms with van der Waals surface area (Å²) < 4.78 is 2.95. The van der Waals surface area contributed by atoms with Crippen molar-refractivity contribution in [3.05, 3.63) is 76.8 Å². The van der Waals surface area contributed by atoms with E-state index in [2.05, 4.69) is 58.8 Å². The number of hydrogen-bond acceptors (Lipinski definition) is 3. The largest absolute Gasteiger partial charge is 0.241 e. The molecule has 1 aromatic heterocycles. The maximum Gasteiger partial charge on any atom is 0.209 e. The van der Waals surface area contributed by atoms with Crippen LogP contribution in [-0.4, -0.2) is 14.8 Å². The Morgan fingerprint density at radius 3 is 2.50 bits per heavy atom. The van der Waals surface area contributed by atoms with E-state index in [9.17, 15) is 0 Å². The molecule has 1 heterocycles. The molecular weight excluding hydrogens is 382 g/mol. The highest BCUT2D eigenvalue weighted by molar-refractivity contribution is 9.10. The van der Waals surface area contributed by atoms with Crippen LogP contribution in [0.25, 0.3) is 11.4 Å². The lowest BCUT2D eigenvalue weighted by Crippen LogP contribution is -2.00. The first-order valence-corrected chi connectivity index (χ1v) is 9.43. The number of hydrogen-bond donors (Lipinski definition) is 0. The van der Waals surface area contributed by atoms with E-state index < -0.39 is 0 Å². The molecule has 0 amide bonds. The van der Waals surface area contributed by atoms with Crippen LogP contribution in [0.3, 0.4) is 0 Å². The third-order valence-corrected chi connectivity index (χ3v) is 4.98. The number of halogens is 1. The predicted octanol–water partition coefficient (Wildman–Crippen LogP) is 5.49. The van der Waals surface area contributed by atoms with Crippen molar-refractivity contribution in [3.8, 4) is 11.4 Å². The molecule has 0 atom stereocenters. The van der Waals surface area contributed by atoms with E-state index in [1.807, 2.05) is 35.0 Å². The Kier molecular flexibility index (Phi) is 5.53. The van der Waals surface area contributed by atoms with E-state index in [-0.39, 0.29) is 0 Å². The van der Waals surface area contributed by atoms with Crippen LogP contribution in [0.2, 0.25) is 0 Å². The van der Waals surface area contributed by atoms with Gasteiger partial charge in [0.2, 0.25) is 5.16 Å². The highest BCUT2D eigenvalue weighted by atomic mass is 79.9. The quantitative estimate of drug-likeness (QED) is 0.405. The van der Waals surface area contributed by atoms with Crippen LogP contribution in [0.4, 0.5) is 0 Å². The van der Waals surface area contributed by atoms with Crippen LogP contribution >= 0.6 is 27.7 Å². The Hall–Kier alpha value is -1.85. The van der Waals surface area contributed by atoms with Gasteiger partial charge in [0.25, 0.3) is 0 Å². The summed E-state index contributed by atoms with van der Waals surface area (Å²) in [7, 11) is 0. The standard InChI is InChI=1S/C19H18BrN3S/c1-3-12-23-18(16-8-10-17(20)11-9-16)21-19(22-23)24-13-15-6-4-14(2)5-7-15/h3-11H,1,12-13H2,2H3. The minimum absolute atomic E-state index is 0.642. The van der Waals surface area contributed by atoms with Gasteiger partial charge in [0.05, 0.1) is 6.54 Å². The number of nitrogens with zero attached hydrogens (tertiary/aromatic N) is 3. The number of thioether (sulfide) groups is 1. The molecular formula is C19H18BrN3S. The van der Waals surface area contributed by atoms with Crippen molar-refractivity contribution in [2.45, 2.75) is 24.4 Å². The zero-order chi connectivity index (χ0) is 16.9. The van der Waals surface area contributed by atoms with E-state index in [4.69, 9.17) is 4.98 Å². The molecule has 3 nitrogen and oxygen atoms in total. The first-order chi connectivity index (χ1) is 11.7. The van der Waals surface area contributed by atoms with Gasteiger partial charge in [-0.05, 0) is 24.6 Å². The molecule has 0 aliphatic rings. The third kappa shape index (κ3) is 4.16. The third-order valence-electron chi connectivity index (χ3n) is 3.55. The zero-order valence-electron chi connectivity index (χ0n) is 13.4. The second kappa shape index (κ2) is 7.81. The van der Waals surface area contributed by atoms with Gasteiger partial charge >= 0.3 is 0 Å². The van der Waals surface area contributed by atoms with Crippen molar-refractivity contribution in [1.82, 2.24) is 14.8 Å². The van der Waals surface area contributed by atoms with Gasteiger partial charge in [-0.25, -0.2) is 9.67 Å². The van der Waals surface area contributed by atoms with Crippen molar-refractivity contribution < 1.29 is 0 Å². The average Bonchev–Trinajstić information content (AvgIpc) is 2.98. The van der Waals surface area contributed by atoms with Crippen LogP contribution < -0.4 is 0 Å². The van der Waals surface area contributed by atoms with Gasteiger partial charge in [0, 0.05) is 15.8 Å². The Balaban J connectivity index is 1.81. The Labute approximate surface area is 154 Å². The first-order valence-electron chi connectivity index (χ1n) is 7.66. The number of aryl methyl sites for hydroxylation is 1. The molecule has 0 saturated carbocycles. The van der Waals surface area contributed by atoms with Gasteiger partial charge in [-0.3, -0.25) is 0 Å². The highest BCUT2D eigenvalue weighted by Crippen LogP contribution is 2.25. The summed E-state index contributed by atoms with van der Waals surface area (Å²) in [6, 6.07) is 16.7. The Morgan fingerprint density at radius 2 is 1.83 bits per heavy atom. The molecule has 0 radical (unpaired) electrons. The van der Waals surface area contributed by atoms with Crippen molar-refractivity contribution in [1.29, 1.82) is 0 Å². The predicted molar refractivity (Wildman–Crippen MR) is 104 cm³/mol. The molecule has 5 heteroatoms. The van der Waals surface area contributed by atoms with Crippen LogP contribution in [0, 0.1) is 6.92 Å². The fourth-order valence-corrected chi connectivity index (χ4v) is 3.34. The maximum atomic E-state index is 4.71. The number of rotatable bonds is 6. The van der Waals surface area contributed by atoms with Crippen LogP contribution in [0.5, 0.6) is 0 Å². The molecule has 0 aliphatic heterocycles. The minimum atomic E-state index is 0.642. The second-order valence-electron chi connectivity index (χ2n) is 5.47. The van der Waals surface area contributed by atoms with E-state index >= 15 is 0 Å². The molecule has 3 rings (SSSR count). The van der Waals surface area contributed by atoms with Gasteiger partial charge in [0.15, 0.2) is 5.82 Å². The Bertz CT molecular complexity index is 823. The lowest BCUT2D eigenvalue weighted by molar-refractivity contribution is 0.687. The minimum Gasteiger partial charge on any atom is -0.241 e. The summed E-state index contributed by atoms with van der Waals surface area (Å²) in [5.74, 6) is 1.73. The fraction of sp³-hybridized carbons (Fsp3) is 0.158. The SMILES string of the molecule is C=CCn1nc(SCc2ccc(C)cc2)nc1-c1ccc(Br)cc1. The monoisotopic (exact) mass is 399 g/mol. The van der Waals surface area contributed by atoms with Crippen molar-refractivity contribution in [2.24, 2.45) is 0 Å². The number of allylic oxidation sites excluding steroid dienone is 1. The van der Waals surface area contributed by atoms with Crippen LogP contribution in [0.1, 0.15) is 11.1 Å². The van der Waals surface area contributed by atoms with E-state index in [1.54, 1.807) is 11.8 Å². The van der Waals surface area contributed by atoms with Gasteiger partial charge in [-0.2, -0.15) is 0 Å². The van der Waals surface area contributed by atoms with Crippen molar-refractivity contribution in [3.63, 3.8) is 0 Å². The second-order valence-corrected chi connectivity index (χ2v) is 7.33. The summed E-state index contributed by atoms with van der Waals surface area (Å²) >= 11 is 5.12. The van der Waals surface area contributed by atoms with E-state index in [0.717, 1.165) is 26.8 Å². The molecule has 0 spiro atoms.